The molecule has 0 unspecified atom stereocenters. The van der Waals surface area contributed by atoms with Crippen LogP contribution in [0.2, 0.25) is 0 Å². The van der Waals surface area contributed by atoms with Crippen LogP contribution in [-0.2, 0) is 6.54 Å². The summed E-state index contributed by atoms with van der Waals surface area (Å²) in [4.78, 5) is 15.5. The second-order valence-electron chi connectivity index (χ2n) is 5.90. The van der Waals surface area contributed by atoms with Crippen molar-refractivity contribution >= 4 is 11.3 Å². The fourth-order valence-electron chi connectivity index (χ4n) is 3.21. The normalized spacial score (nSPS) is 18.1. The molecule has 122 valence electrons. The van der Waals surface area contributed by atoms with Gasteiger partial charge in [0.25, 0.3) is 0 Å². The van der Waals surface area contributed by atoms with Crippen LogP contribution in [0.4, 0.5) is 4.39 Å². The minimum atomic E-state index is -0.170. The number of halogens is 1. The van der Waals surface area contributed by atoms with Crippen molar-refractivity contribution in [1.82, 2.24) is 19.9 Å². The lowest BCUT2D eigenvalue weighted by atomic mass is 10.0. The lowest BCUT2D eigenvalue weighted by Gasteiger charge is -2.24. The van der Waals surface area contributed by atoms with Crippen molar-refractivity contribution in [2.45, 2.75) is 25.4 Å². The van der Waals surface area contributed by atoms with Crippen molar-refractivity contribution in [3.63, 3.8) is 0 Å². The number of hydrogen-bond donors (Lipinski definition) is 0. The summed E-state index contributed by atoms with van der Waals surface area (Å²) in [5.74, 6) is 0.494. The molecule has 0 radical (unpaired) electrons. The third-order valence-electron chi connectivity index (χ3n) is 4.27. The first-order valence-corrected chi connectivity index (χ1v) is 8.89. The van der Waals surface area contributed by atoms with Crippen molar-refractivity contribution < 1.29 is 4.39 Å². The van der Waals surface area contributed by atoms with Crippen molar-refractivity contribution in [3.8, 4) is 10.8 Å². The highest BCUT2D eigenvalue weighted by atomic mass is 32.1. The van der Waals surface area contributed by atoms with Gasteiger partial charge in [0.05, 0.1) is 5.69 Å². The molecule has 1 aromatic carbocycles. The van der Waals surface area contributed by atoms with Crippen molar-refractivity contribution in [2.75, 3.05) is 6.54 Å². The third-order valence-corrected chi connectivity index (χ3v) is 5.16. The topological polar surface area (TPSA) is 41.9 Å². The molecule has 0 bridgehead atoms. The summed E-state index contributed by atoms with van der Waals surface area (Å²) in [7, 11) is 0. The van der Waals surface area contributed by atoms with Gasteiger partial charge in [0, 0.05) is 30.4 Å². The van der Waals surface area contributed by atoms with Crippen LogP contribution in [0.15, 0.2) is 48.1 Å². The fraction of sp³-hybridized carbons (Fsp3) is 0.278. The molecule has 1 saturated heterocycles. The van der Waals surface area contributed by atoms with Crippen molar-refractivity contribution in [3.05, 3.63) is 65.2 Å². The van der Waals surface area contributed by atoms with Crippen LogP contribution >= 0.6 is 11.3 Å². The zero-order valence-corrected chi connectivity index (χ0v) is 13.9. The van der Waals surface area contributed by atoms with E-state index in [0.717, 1.165) is 42.2 Å². The first-order valence-electron chi connectivity index (χ1n) is 8.01. The van der Waals surface area contributed by atoms with Gasteiger partial charge in [-0.15, -0.1) is 11.3 Å². The average molecular weight is 340 g/mol. The molecule has 2 aromatic heterocycles. The number of aromatic nitrogens is 3. The van der Waals surface area contributed by atoms with E-state index in [1.54, 1.807) is 41.9 Å². The first kappa shape index (κ1) is 15.4. The van der Waals surface area contributed by atoms with E-state index >= 15 is 0 Å². The molecular formula is C18H17FN4S. The monoisotopic (exact) mass is 340 g/mol. The molecule has 3 heterocycles. The predicted octanol–water partition coefficient (Wildman–Crippen LogP) is 4.08. The number of nitrogens with zero attached hydrogens (tertiary/aromatic N) is 4. The van der Waals surface area contributed by atoms with Gasteiger partial charge in [0.1, 0.15) is 5.82 Å². The molecular weight excluding hydrogens is 323 g/mol. The summed E-state index contributed by atoms with van der Waals surface area (Å²) in [5.41, 5.74) is 2.07. The predicted molar refractivity (Wildman–Crippen MR) is 91.9 cm³/mol. The Bertz CT molecular complexity index is 821. The van der Waals surface area contributed by atoms with Gasteiger partial charge < -0.3 is 0 Å². The molecule has 0 aliphatic carbocycles. The van der Waals surface area contributed by atoms with Gasteiger partial charge in [-0.1, -0.05) is 12.1 Å². The first-order chi connectivity index (χ1) is 11.8. The van der Waals surface area contributed by atoms with Gasteiger partial charge in [-0.2, -0.15) is 0 Å². The molecule has 3 aromatic rings. The molecule has 0 spiro atoms. The van der Waals surface area contributed by atoms with E-state index in [1.807, 2.05) is 6.07 Å². The van der Waals surface area contributed by atoms with E-state index in [4.69, 9.17) is 0 Å². The summed E-state index contributed by atoms with van der Waals surface area (Å²) in [6, 6.07) is 9.00. The maximum absolute atomic E-state index is 13.5. The lowest BCUT2D eigenvalue weighted by Crippen LogP contribution is -2.23. The van der Waals surface area contributed by atoms with Crippen LogP contribution in [-0.4, -0.2) is 26.4 Å². The van der Waals surface area contributed by atoms with E-state index < -0.39 is 0 Å². The number of likely N-dealkylation sites (tertiary alicyclic amines) is 1. The van der Waals surface area contributed by atoms with Crippen LogP contribution in [0.3, 0.4) is 0 Å². The van der Waals surface area contributed by atoms with E-state index in [0.29, 0.717) is 5.82 Å². The number of rotatable bonds is 4. The summed E-state index contributed by atoms with van der Waals surface area (Å²) in [6.45, 7) is 1.78. The molecule has 0 saturated carbocycles. The Hall–Kier alpha value is -2.18. The zero-order valence-electron chi connectivity index (χ0n) is 13.1. The molecule has 4 nitrogen and oxygen atoms in total. The molecule has 24 heavy (non-hydrogen) atoms. The Balaban J connectivity index is 1.51. The second-order valence-corrected chi connectivity index (χ2v) is 6.76. The largest absolute Gasteiger partial charge is 0.290 e. The minimum Gasteiger partial charge on any atom is -0.290 e. The van der Waals surface area contributed by atoms with E-state index in [-0.39, 0.29) is 11.9 Å². The molecule has 6 heteroatoms. The summed E-state index contributed by atoms with van der Waals surface area (Å²) >= 11 is 1.56. The van der Waals surface area contributed by atoms with E-state index in [2.05, 4.69) is 25.2 Å². The van der Waals surface area contributed by atoms with E-state index in [1.165, 1.54) is 6.07 Å². The fourth-order valence-corrected chi connectivity index (χ4v) is 3.96. The summed E-state index contributed by atoms with van der Waals surface area (Å²) < 4.78 is 13.5. The Morgan fingerprint density at radius 3 is 2.92 bits per heavy atom. The van der Waals surface area contributed by atoms with Gasteiger partial charge in [-0.3, -0.25) is 4.90 Å². The van der Waals surface area contributed by atoms with Gasteiger partial charge in [-0.05, 0) is 43.1 Å². The Morgan fingerprint density at radius 1 is 1.21 bits per heavy atom. The minimum absolute atomic E-state index is 0.170. The molecule has 0 N–H and O–H groups in total. The lowest BCUT2D eigenvalue weighted by molar-refractivity contribution is 0.245. The number of benzene rings is 1. The maximum Gasteiger partial charge on any atom is 0.188 e. The molecule has 1 aliphatic heterocycles. The Morgan fingerprint density at radius 2 is 2.08 bits per heavy atom. The molecule has 1 fully saturated rings. The summed E-state index contributed by atoms with van der Waals surface area (Å²) in [5, 5.41) is 2.90. The highest BCUT2D eigenvalue weighted by Crippen LogP contribution is 2.33. The van der Waals surface area contributed by atoms with Crippen LogP contribution in [0.5, 0.6) is 0 Å². The Labute approximate surface area is 144 Å². The van der Waals surface area contributed by atoms with Crippen LogP contribution in [0.1, 0.15) is 30.1 Å². The van der Waals surface area contributed by atoms with Crippen LogP contribution < -0.4 is 0 Å². The van der Waals surface area contributed by atoms with Gasteiger partial charge in [0.15, 0.2) is 10.8 Å². The smallest absolute Gasteiger partial charge is 0.188 e. The average Bonchev–Trinajstić information content (AvgIpc) is 3.26. The highest BCUT2D eigenvalue weighted by Gasteiger charge is 2.26. The van der Waals surface area contributed by atoms with Crippen LogP contribution in [0.25, 0.3) is 10.8 Å². The quantitative estimate of drug-likeness (QED) is 0.718. The molecule has 1 atom stereocenters. The number of hydrogen-bond acceptors (Lipinski definition) is 5. The van der Waals surface area contributed by atoms with Gasteiger partial charge in [0.2, 0.25) is 0 Å². The Kier molecular flexibility index (Phi) is 4.32. The maximum atomic E-state index is 13.5. The number of thiazole rings is 1. The molecule has 4 rings (SSSR count). The van der Waals surface area contributed by atoms with Gasteiger partial charge in [-0.25, -0.2) is 19.3 Å². The second kappa shape index (κ2) is 6.75. The SMILES string of the molecule is Fc1cccc([C@@H]2CCCN2Cc2csc(-c3ncccn3)n2)c1. The van der Waals surface area contributed by atoms with Crippen molar-refractivity contribution in [2.24, 2.45) is 0 Å². The standard InChI is InChI=1S/C18H17FN4S/c19-14-5-1-4-13(10-14)16-6-2-9-23(16)11-15-12-24-18(22-15)17-20-7-3-8-21-17/h1,3-5,7-8,10,12,16H,2,6,9,11H2/t16-/m0/s1. The van der Waals surface area contributed by atoms with Crippen molar-refractivity contribution in [1.29, 1.82) is 0 Å². The zero-order chi connectivity index (χ0) is 16.4. The summed E-state index contributed by atoms with van der Waals surface area (Å²) in [6.07, 6.45) is 5.63. The molecule has 1 aliphatic rings. The van der Waals surface area contributed by atoms with Crippen LogP contribution in [0, 0.1) is 5.82 Å². The third kappa shape index (κ3) is 3.20. The highest BCUT2D eigenvalue weighted by molar-refractivity contribution is 7.13. The van der Waals surface area contributed by atoms with Gasteiger partial charge >= 0.3 is 0 Å². The molecule has 0 amide bonds. The van der Waals surface area contributed by atoms with E-state index in [9.17, 15) is 4.39 Å².